The number of nitrogens with one attached hydrogen (secondary N) is 2. The second-order valence-electron chi connectivity index (χ2n) is 19.8. The number of thiazole rings is 1. The average molecular weight is 900 g/mol. The molecule has 6 fully saturated rings. The van der Waals surface area contributed by atoms with E-state index in [2.05, 4.69) is 34.0 Å². The maximum atomic E-state index is 11.9. The molecule has 10 rings (SSSR count). The Labute approximate surface area is 387 Å². The largest absolute Gasteiger partial charge is 0.497 e. The third-order valence-electron chi connectivity index (χ3n) is 15.1. The Bertz CT molecular complexity index is 2530. The van der Waals surface area contributed by atoms with E-state index in [-0.39, 0.29) is 34.4 Å². The van der Waals surface area contributed by atoms with Crippen LogP contribution in [0.4, 0.5) is 5.13 Å². The molecule has 4 saturated carbocycles. The monoisotopic (exact) mass is 899 g/mol. The van der Waals surface area contributed by atoms with Gasteiger partial charge in [-0.2, -0.15) is 0 Å². The van der Waals surface area contributed by atoms with Crippen molar-refractivity contribution in [1.82, 2.24) is 20.1 Å². The third kappa shape index (κ3) is 8.72. The number of aliphatic imine (C=N–C) groups is 2. The molecule has 0 spiro atoms. The molecule has 3 aliphatic heterocycles. The topological polar surface area (TPSA) is 180 Å². The van der Waals surface area contributed by atoms with Gasteiger partial charge in [0.05, 0.1) is 29.5 Å². The lowest BCUT2D eigenvalue weighted by Crippen LogP contribution is -2.44. The number of methoxy groups -OCH3 is 1. The average Bonchev–Trinajstić information content (AvgIpc) is 4.03. The number of aromatic nitrogens is 1. The molecule has 14 heteroatoms. The summed E-state index contributed by atoms with van der Waals surface area (Å²) in [5, 5.41) is 25.4. The number of likely N-dealkylation sites (tertiary alicyclic amines) is 2. The number of hydrogen-bond acceptors (Lipinski definition) is 12. The molecule has 2 saturated heterocycles. The Balaban J connectivity index is 0.985. The van der Waals surface area contributed by atoms with Crippen molar-refractivity contribution in [2.75, 3.05) is 46.4 Å². The van der Waals surface area contributed by atoms with E-state index in [0.717, 1.165) is 83.6 Å². The van der Waals surface area contributed by atoms with Crippen LogP contribution in [0.1, 0.15) is 91.0 Å². The minimum absolute atomic E-state index is 0.0314. The Morgan fingerprint density at radius 2 is 1.78 bits per heavy atom. The molecule has 7 N–H and O–H groups in total. The third-order valence-corrected chi connectivity index (χ3v) is 16.1. The van der Waals surface area contributed by atoms with Gasteiger partial charge in [0.2, 0.25) is 5.13 Å². The molecular weight excluding hydrogens is 835 g/mol. The lowest BCUT2D eigenvalue weighted by Gasteiger charge is -2.46. The second kappa shape index (κ2) is 17.7. The molecule has 1 aromatic heterocycles. The zero-order valence-corrected chi connectivity index (χ0v) is 39.5. The molecule has 4 atom stereocenters. The number of rotatable bonds is 15. The predicted molar refractivity (Wildman–Crippen MR) is 260 cm³/mol. The number of nitrogens with zero attached hydrogens (tertiary/aromatic N) is 5. The number of nitrogens with two attached hydrogens (primary N) is 2. The van der Waals surface area contributed by atoms with Crippen molar-refractivity contribution < 1.29 is 19.3 Å². The fraction of sp³-hybridized carbons (Fsp3) is 0.490. The van der Waals surface area contributed by atoms with E-state index in [1.165, 1.54) is 43.7 Å². The molecule has 0 amide bonds. The number of aliphatic hydroxyl groups is 1. The molecule has 4 unspecified atom stereocenters. The van der Waals surface area contributed by atoms with Crippen LogP contribution in [0.3, 0.4) is 0 Å². The summed E-state index contributed by atoms with van der Waals surface area (Å²) in [6, 6.07) is 15.4. The molecule has 0 radical (unpaired) electrons. The predicted octanol–water partition coefficient (Wildman–Crippen LogP) is 9.14. The zero-order valence-electron chi connectivity index (χ0n) is 38.6. The maximum Gasteiger partial charge on any atom is 0.302 e. The van der Waals surface area contributed by atoms with Crippen LogP contribution in [-0.2, 0) is 16.1 Å². The van der Waals surface area contributed by atoms with E-state index in [1.807, 2.05) is 79.4 Å². The quantitative estimate of drug-likeness (QED) is 0.0561. The SMILES string of the molecule is COc1ccc(CO/C(O)=C2\NC(N3CCC/C(=C(C)/C(N)=N/c4nc5ccccc5s4)C3=N)=CC=C2/C(=C/N)C(C)=NCC23CC4(C)CC(OCCN5CCCC5)(CC2(C)C4)C3)cc1. The van der Waals surface area contributed by atoms with Gasteiger partial charge in [0.25, 0.3) is 0 Å². The fourth-order valence-electron chi connectivity index (χ4n) is 12.4. The number of piperidine rings is 1. The number of dihydropyridines is 1. The first-order valence-electron chi connectivity index (χ1n) is 23.2. The summed E-state index contributed by atoms with van der Waals surface area (Å²) in [6.45, 7) is 14.4. The minimum Gasteiger partial charge on any atom is -0.497 e. The van der Waals surface area contributed by atoms with Crippen molar-refractivity contribution in [1.29, 1.82) is 5.41 Å². The number of benzene rings is 2. The van der Waals surface area contributed by atoms with Crippen LogP contribution in [-0.4, -0.2) is 89.3 Å². The Kier molecular flexibility index (Phi) is 12.2. The lowest BCUT2D eigenvalue weighted by molar-refractivity contribution is -0.111. The smallest absolute Gasteiger partial charge is 0.302 e. The van der Waals surface area contributed by atoms with Gasteiger partial charge in [-0.3, -0.25) is 10.4 Å². The van der Waals surface area contributed by atoms with E-state index in [1.54, 1.807) is 13.3 Å². The lowest BCUT2D eigenvalue weighted by atomic mass is 9.65. The van der Waals surface area contributed by atoms with Crippen molar-refractivity contribution in [3.05, 3.63) is 112 Å². The summed E-state index contributed by atoms with van der Waals surface area (Å²) >= 11 is 1.48. The molecule has 65 heavy (non-hydrogen) atoms. The van der Waals surface area contributed by atoms with Gasteiger partial charge in [0, 0.05) is 48.3 Å². The van der Waals surface area contributed by atoms with Crippen LogP contribution >= 0.6 is 11.3 Å². The van der Waals surface area contributed by atoms with E-state index in [9.17, 15) is 10.5 Å². The van der Waals surface area contributed by atoms with Crippen molar-refractivity contribution >= 4 is 44.1 Å². The molecule has 344 valence electrons. The van der Waals surface area contributed by atoms with Crippen LogP contribution in [0.25, 0.3) is 10.2 Å². The highest BCUT2D eigenvalue weighted by atomic mass is 32.1. The fourth-order valence-corrected chi connectivity index (χ4v) is 13.3. The molecular formula is C51H65N9O4S. The van der Waals surface area contributed by atoms with E-state index in [4.69, 9.17) is 30.7 Å². The molecule has 4 bridgehead atoms. The molecule has 13 nitrogen and oxygen atoms in total. The highest BCUT2D eigenvalue weighted by molar-refractivity contribution is 7.22. The van der Waals surface area contributed by atoms with Crippen molar-refractivity contribution in [3.63, 3.8) is 0 Å². The highest BCUT2D eigenvalue weighted by Gasteiger charge is 2.73. The van der Waals surface area contributed by atoms with Gasteiger partial charge in [-0.05, 0) is 149 Å². The van der Waals surface area contributed by atoms with Crippen molar-refractivity contribution in [3.8, 4) is 5.75 Å². The van der Waals surface area contributed by atoms with Gasteiger partial charge in [-0.25, -0.2) is 9.98 Å². The van der Waals surface area contributed by atoms with Crippen LogP contribution in [0.15, 0.2) is 117 Å². The number of aliphatic hydroxyl groups excluding tert-OH is 1. The van der Waals surface area contributed by atoms with Gasteiger partial charge in [-0.1, -0.05) is 49.4 Å². The number of allylic oxidation sites excluding steroid dienone is 3. The first kappa shape index (κ1) is 44.7. The summed E-state index contributed by atoms with van der Waals surface area (Å²) in [4.78, 5) is 19.1. The molecule has 4 aliphatic carbocycles. The molecule has 3 aromatic rings. The number of fused-ring (bicyclic) bond motifs is 1. The maximum absolute atomic E-state index is 11.9. The van der Waals surface area contributed by atoms with Crippen molar-refractivity contribution in [2.45, 2.75) is 97.7 Å². The Hall–Kier alpha value is -5.44. The second-order valence-corrected chi connectivity index (χ2v) is 20.8. The highest BCUT2D eigenvalue weighted by Crippen LogP contribution is 2.78. The van der Waals surface area contributed by atoms with E-state index in [0.29, 0.717) is 59.0 Å². The summed E-state index contributed by atoms with van der Waals surface area (Å²) < 4.78 is 19.4. The first-order valence-corrected chi connectivity index (χ1v) is 24.0. The van der Waals surface area contributed by atoms with Crippen LogP contribution in [0, 0.1) is 21.7 Å². The summed E-state index contributed by atoms with van der Waals surface area (Å²) in [7, 11) is 1.63. The van der Waals surface area contributed by atoms with E-state index < -0.39 is 0 Å². The summed E-state index contributed by atoms with van der Waals surface area (Å²) in [5.41, 5.74) is 19.1. The van der Waals surface area contributed by atoms with Crippen molar-refractivity contribution in [2.24, 2.45) is 37.7 Å². The zero-order chi connectivity index (χ0) is 45.6. The van der Waals surface area contributed by atoms with Crippen LogP contribution in [0.2, 0.25) is 0 Å². The standard InChI is InChI=1S/C51H65N9O4S/c1-33(44(53)58-47-56-40-12-6-7-13-41(40)65-47)37-11-10-22-60(45(37)54)42-19-18-38(43(57-42)46(61)63-26-35-14-16-36(62-5)17-15-35)39(25-52)34(2)55-32-50-28-48(3)27-49(50,4)30-51(29-48,31-50)64-24-23-59-20-8-9-21-59/h6-7,12-19,25,54,57,61H,8-11,20-24,26-32,52H2,1-5H3,(H2,53,56,58)/b37-33-,39-25+,46-43-,54-45?,55-34?. The molecule has 7 aliphatic rings. The summed E-state index contributed by atoms with van der Waals surface area (Å²) in [5.74, 6) is 1.68. The van der Waals surface area contributed by atoms with Crippen LogP contribution in [0.5, 0.6) is 5.75 Å². The van der Waals surface area contributed by atoms with Gasteiger partial charge in [0.1, 0.15) is 35.5 Å². The minimum atomic E-state index is -0.300. The van der Waals surface area contributed by atoms with E-state index >= 15 is 0 Å². The summed E-state index contributed by atoms with van der Waals surface area (Å²) in [6.07, 6.45) is 15.1. The van der Waals surface area contributed by atoms with Gasteiger partial charge in [-0.15, -0.1) is 0 Å². The van der Waals surface area contributed by atoms with Crippen LogP contribution < -0.4 is 21.5 Å². The molecule has 4 heterocycles. The molecule has 2 aromatic carbocycles. The Morgan fingerprint density at radius 3 is 2.54 bits per heavy atom. The number of para-hydroxylation sites is 1. The van der Waals surface area contributed by atoms with Gasteiger partial charge < -0.3 is 45.9 Å². The number of ether oxygens (including phenoxy) is 3. The Morgan fingerprint density at radius 1 is 1.00 bits per heavy atom. The van der Waals surface area contributed by atoms with Gasteiger partial charge >= 0.3 is 5.95 Å². The number of amidine groups is 2. The number of hydrogen-bond donors (Lipinski definition) is 5. The first-order chi connectivity index (χ1) is 31.2. The van der Waals surface area contributed by atoms with Gasteiger partial charge in [0.15, 0.2) is 0 Å². The normalized spacial score (nSPS) is 29.9.